The Hall–Kier alpha value is -1.93. The van der Waals surface area contributed by atoms with Crippen LogP contribution in [0, 0.1) is 33.5 Å². The van der Waals surface area contributed by atoms with Gasteiger partial charge in [-0.1, -0.05) is 33.8 Å². The van der Waals surface area contributed by atoms with Gasteiger partial charge in [0.1, 0.15) is 11.5 Å². The van der Waals surface area contributed by atoms with E-state index in [1.165, 1.54) is 0 Å². The number of ketones is 1. The lowest BCUT2D eigenvalue weighted by Crippen LogP contribution is -2.62. The van der Waals surface area contributed by atoms with E-state index in [4.69, 9.17) is 18.6 Å². The molecule has 0 radical (unpaired) electrons. The van der Waals surface area contributed by atoms with Crippen LogP contribution >= 0.6 is 0 Å². The number of esters is 2. The monoisotopic (exact) mass is 574 g/mol. The minimum Gasteiger partial charge on any atom is -0.544 e. The van der Waals surface area contributed by atoms with Crippen LogP contribution in [0.25, 0.3) is 0 Å². The van der Waals surface area contributed by atoms with Crippen molar-refractivity contribution in [2.45, 2.75) is 125 Å². The van der Waals surface area contributed by atoms with Crippen LogP contribution in [0.4, 0.5) is 0 Å². The third-order valence-corrected chi connectivity index (χ3v) is 14.4. The standard InChI is InChI=1S/C32H50O7Si/c1-13-31-17-19(39-40(11,12)30(8,9)10)14-15-20(31)24-21-16-22(33)32(24,23(18-31)37-25(34)28(2,3)4)27(36-21)38-26(35)29(5,6)7/h14-15,17,20-21,23-24,27H,13,16,18H2,1-12H3/t20-,21+,23-,24+,27-,31+,32+/m1/s1. The van der Waals surface area contributed by atoms with Gasteiger partial charge in [-0.05, 0) is 90.6 Å². The maximum Gasteiger partial charge on any atom is 0.313 e. The van der Waals surface area contributed by atoms with Gasteiger partial charge >= 0.3 is 11.9 Å². The zero-order valence-corrected chi connectivity index (χ0v) is 27.6. The molecule has 7 atom stereocenters. The highest BCUT2D eigenvalue weighted by molar-refractivity contribution is 6.74. The number of hydrogen-bond acceptors (Lipinski definition) is 7. The van der Waals surface area contributed by atoms with Gasteiger partial charge in [-0.3, -0.25) is 14.4 Å². The predicted octanol–water partition coefficient (Wildman–Crippen LogP) is 6.73. The topological polar surface area (TPSA) is 88.1 Å². The zero-order valence-electron chi connectivity index (χ0n) is 26.6. The molecule has 0 spiro atoms. The molecule has 4 aliphatic rings. The van der Waals surface area contributed by atoms with Crippen molar-refractivity contribution in [3.05, 3.63) is 24.0 Å². The largest absolute Gasteiger partial charge is 0.544 e. The molecule has 1 heterocycles. The van der Waals surface area contributed by atoms with Crippen LogP contribution in [0.2, 0.25) is 18.1 Å². The van der Waals surface area contributed by atoms with Crippen molar-refractivity contribution in [1.29, 1.82) is 0 Å². The maximum absolute atomic E-state index is 14.0. The minimum atomic E-state index is -2.10. The van der Waals surface area contributed by atoms with Crippen LogP contribution in [0.1, 0.15) is 88.5 Å². The first kappa shape index (κ1) is 31.0. The van der Waals surface area contributed by atoms with E-state index >= 15 is 0 Å². The molecule has 2 saturated carbocycles. The number of ether oxygens (including phenoxy) is 3. The smallest absolute Gasteiger partial charge is 0.313 e. The highest BCUT2D eigenvalue weighted by Crippen LogP contribution is 2.68. The van der Waals surface area contributed by atoms with Crippen molar-refractivity contribution in [2.75, 3.05) is 0 Å². The molecule has 0 unspecified atom stereocenters. The molecule has 0 aromatic rings. The van der Waals surface area contributed by atoms with Crippen molar-refractivity contribution in [1.82, 2.24) is 0 Å². The summed E-state index contributed by atoms with van der Waals surface area (Å²) < 4.78 is 25.4. The molecule has 1 saturated heterocycles. The number of rotatable bonds is 5. The van der Waals surface area contributed by atoms with E-state index < -0.39 is 54.4 Å². The molecule has 0 amide bonds. The molecule has 224 valence electrons. The molecule has 8 heteroatoms. The summed E-state index contributed by atoms with van der Waals surface area (Å²) in [4.78, 5) is 40.4. The average molecular weight is 575 g/mol. The third kappa shape index (κ3) is 4.81. The Kier molecular flexibility index (Phi) is 7.40. The van der Waals surface area contributed by atoms with Gasteiger partial charge in [0, 0.05) is 17.8 Å². The Morgan fingerprint density at radius 3 is 2.10 bits per heavy atom. The zero-order chi connectivity index (χ0) is 30.3. The van der Waals surface area contributed by atoms with Gasteiger partial charge in [-0.2, -0.15) is 0 Å². The number of carbonyl (C=O) groups is 3. The van der Waals surface area contributed by atoms with Gasteiger partial charge in [-0.25, -0.2) is 0 Å². The summed E-state index contributed by atoms with van der Waals surface area (Å²) in [6.45, 7) is 24.0. The third-order valence-electron chi connectivity index (χ3n) is 10.1. The van der Waals surface area contributed by atoms with E-state index in [1.54, 1.807) is 20.8 Å². The molecule has 0 aromatic heterocycles. The molecule has 3 aliphatic carbocycles. The fourth-order valence-electron chi connectivity index (χ4n) is 6.59. The summed E-state index contributed by atoms with van der Waals surface area (Å²) in [7, 11) is -2.10. The minimum absolute atomic E-state index is 0.0360. The van der Waals surface area contributed by atoms with Gasteiger partial charge in [-0.15, -0.1) is 0 Å². The second-order valence-corrected chi connectivity index (χ2v) is 20.7. The molecule has 0 aromatic carbocycles. The fourth-order valence-corrected chi connectivity index (χ4v) is 7.61. The molecule has 2 bridgehead atoms. The fraction of sp³-hybridized carbons (Fsp3) is 0.781. The second-order valence-electron chi connectivity index (χ2n) is 16.0. The van der Waals surface area contributed by atoms with Crippen LogP contribution in [-0.2, 0) is 33.0 Å². The molecule has 1 aliphatic heterocycles. The van der Waals surface area contributed by atoms with Gasteiger partial charge in [0.25, 0.3) is 0 Å². The molecular formula is C32H50O7Si. The van der Waals surface area contributed by atoms with E-state index in [9.17, 15) is 14.4 Å². The van der Waals surface area contributed by atoms with E-state index in [0.29, 0.717) is 6.42 Å². The summed E-state index contributed by atoms with van der Waals surface area (Å²) >= 11 is 0. The van der Waals surface area contributed by atoms with Gasteiger partial charge < -0.3 is 18.6 Å². The molecule has 7 nitrogen and oxygen atoms in total. The van der Waals surface area contributed by atoms with E-state index in [2.05, 4.69) is 52.9 Å². The number of hydrogen-bond donors (Lipinski definition) is 0. The van der Waals surface area contributed by atoms with Crippen molar-refractivity contribution >= 4 is 26.0 Å². The molecular weight excluding hydrogens is 524 g/mol. The van der Waals surface area contributed by atoms with E-state index in [0.717, 1.165) is 12.2 Å². The SMILES string of the molecule is CC[C@@]12C=C(O[Si](C)(C)C(C)(C)C)C=C[C@@H]1[C@H]1[C@@H]3CC(=O)[C@]1([C@@H](OC(=O)C(C)(C)C)O3)[C@H](OC(=O)C(C)(C)C)C2. The maximum atomic E-state index is 14.0. The number of carbonyl (C=O) groups excluding carboxylic acids is 3. The highest BCUT2D eigenvalue weighted by Gasteiger charge is 2.78. The van der Waals surface area contributed by atoms with Crippen LogP contribution in [-0.4, -0.2) is 44.5 Å². The lowest BCUT2D eigenvalue weighted by atomic mass is 9.50. The summed E-state index contributed by atoms with van der Waals surface area (Å²) in [6.07, 6.45) is 5.56. The molecule has 0 N–H and O–H groups in total. The first-order chi connectivity index (χ1) is 18.1. The van der Waals surface area contributed by atoms with Gasteiger partial charge in [0.05, 0.1) is 22.7 Å². The lowest BCUT2D eigenvalue weighted by Gasteiger charge is -2.55. The Labute approximate surface area is 241 Å². The normalized spacial score (nSPS) is 35.5. The van der Waals surface area contributed by atoms with Crippen molar-refractivity contribution in [3.63, 3.8) is 0 Å². The Morgan fingerprint density at radius 2 is 1.57 bits per heavy atom. The molecule has 3 fully saturated rings. The second kappa shape index (κ2) is 9.55. The predicted molar refractivity (Wildman–Crippen MR) is 155 cm³/mol. The quantitative estimate of drug-likeness (QED) is 0.266. The number of allylic oxidation sites excluding steroid dienone is 3. The Morgan fingerprint density at radius 1 is 1.00 bits per heavy atom. The van der Waals surface area contributed by atoms with Crippen LogP contribution in [0.5, 0.6) is 0 Å². The van der Waals surface area contributed by atoms with Crippen LogP contribution in [0.3, 0.4) is 0 Å². The summed E-state index contributed by atoms with van der Waals surface area (Å²) in [5.41, 5.74) is -3.19. The summed E-state index contributed by atoms with van der Waals surface area (Å²) in [5, 5.41) is 0.0360. The Bertz CT molecular complexity index is 1130. The first-order valence-corrected chi connectivity index (χ1v) is 17.7. The first-order valence-electron chi connectivity index (χ1n) is 14.8. The average Bonchev–Trinajstić information content (AvgIpc) is 3.26. The van der Waals surface area contributed by atoms with Crippen LogP contribution < -0.4 is 0 Å². The van der Waals surface area contributed by atoms with Crippen LogP contribution in [0.15, 0.2) is 24.0 Å². The van der Waals surface area contributed by atoms with E-state index in [-0.39, 0.29) is 35.0 Å². The van der Waals surface area contributed by atoms with Gasteiger partial charge in [0.2, 0.25) is 14.6 Å². The van der Waals surface area contributed by atoms with Crippen molar-refractivity contribution in [3.8, 4) is 0 Å². The number of Topliss-reactive ketones (excluding diaryl/α,β-unsaturated/α-hetero) is 1. The van der Waals surface area contributed by atoms with Crippen molar-refractivity contribution in [2.24, 2.45) is 33.5 Å². The van der Waals surface area contributed by atoms with Gasteiger partial charge in [0.15, 0.2) is 5.78 Å². The summed E-state index contributed by atoms with van der Waals surface area (Å²) in [5.74, 6) is -0.363. The molecule has 40 heavy (non-hydrogen) atoms. The highest BCUT2D eigenvalue weighted by atomic mass is 28.4. The lowest BCUT2D eigenvalue weighted by molar-refractivity contribution is -0.231. The van der Waals surface area contributed by atoms with E-state index in [1.807, 2.05) is 26.8 Å². The van der Waals surface area contributed by atoms with Crippen molar-refractivity contribution < 1.29 is 33.0 Å². The summed E-state index contributed by atoms with van der Waals surface area (Å²) in [6, 6.07) is 0. The Balaban J connectivity index is 1.82. The number of fused-ring (bicyclic) bond motifs is 1. The molecule has 4 rings (SSSR count).